The second kappa shape index (κ2) is 4.71. The Kier molecular flexibility index (Phi) is 2.81. The molecule has 0 bridgehead atoms. The maximum Gasteiger partial charge on any atom is 0.283 e. The first kappa shape index (κ1) is 13.1. The number of fused-ring (bicyclic) bond motifs is 3. The van der Waals surface area contributed by atoms with Gasteiger partial charge in [-0.2, -0.15) is 5.10 Å². The fraction of sp³-hybridized carbons (Fsp3) is 0.0588. The van der Waals surface area contributed by atoms with Crippen LogP contribution in [0.5, 0.6) is 0 Å². The van der Waals surface area contributed by atoms with E-state index in [1.54, 1.807) is 9.25 Å². The van der Waals surface area contributed by atoms with E-state index < -0.39 is 0 Å². The minimum Gasteiger partial charge on any atom is -0.275 e. The summed E-state index contributed by atoms with van der Waals surface area (Å²) in [6, 6.07) is 15.1. The maximum absolute atomic E-state index is 12.9. The van der Waals surface area contributed by atoms with Crippen LogP contribution in [-0.2, 0) is 7.05 Å². The molecule has 2 aromatic heterocycles. The highest BCUT2D eigenvalue weighted by Crippen LogP contribution is 2.26. The fourth-order valence-electron chi connectivity index (χ4n) is 2.81. The Hall–Kier alpha value is -2.59. The third-order valence-corrected chi connectivity index (χ3v) is 3.97. The number of benzene rings is 2. The molecule has 0 unspecified atom stereocenters. The SMILES string of the molecule is Cn1cc2c(n1)c(=O)n(-c1ccccc1)c1cc(Cl)ccc21. The zero-order valence-corrected chi connectivity index (χ0v) is 12.6. The van der Waals surface area contributed by atoms with Crippen molar-refractivity contribution in [2.75, 3.05) is 0 Å². The quantitative estimate of drug-likeness (QED) is 0.539. The van der Waals surface area contributed by atoms with E-state index in [0.29, 0.717) is 10.5 Å². The molecule has 0 saturated carbocycles. The Bertz CT molecular complexity index is 1060. The molecule has 0 aliphatic rings. The zero-order chi connectivity index (χ0) is 15.3. The molecule has 0 N–H and O–H groups in total. The average molecular weight is 310 g/mol. The van der Waals surface area contributed by atoms with Gasteiger partial charge in [0.2, 0.25) is 0 Å². The standard InChI is InChI=1S/C17H12ClN3O/c1-20-10-14-13-8-7-11(18)9-15(13)21(17(22)16(14)19-20)12-5-3-2-4-6-12/h2-10H,1H3. The lowest BCUT2D eigenvalue weighted by Crippen LogP contribution is -2.19. The second-order valence-electron chi connectivity index (χ2n) is 5.20. The van der Waals surface area contributed by atoms with Gasteiger partial charge in [-0.25, -0.2) is 0 Å². The van der Waals surface area contributed by atoms with E-state index in [4.69, 9.17) is 11.6 Å². The van der Waals surface area contributed by atoms with Crippen LogP contribution in [0.15, 0.2) is 59.5 Å². The van der Waals surface area contributed by atoms with Gasteiger partial charge in [-0.1, -0.05) is 35.9 Å². The summed E-state index contributed by atoms with van der Waals surface area (Å²) in [4.78, 5) is 12.9. The molecule has 0 aliphatic heterocycles. The van der Waals surface area contributed by atoms with Gasteiger partial charge in [-0.3, -0.25) is 14.0 Å². The Morgan fingerprint density at radius 2 is 1.82 bits per heavy atom. The first-order valence-corrected chi connectivity index (χ1v) is 7.26. The number of rotatable bonds is 1. The van der Waals surface area contributed by atoms with E-state index in [-0.39, 0.29) is 5.56 Å². The lowest BCUT2D eigenvalue weighted by molar-refractivity contribution is 0.777. The number of hydrogen-bond donors (Lipinski definition) is 0. The highest BCUT2D eigenvalue weighted by Gasteiger charge is 2.15. The summed E-state index contributed by atoms with van der Waals surface area (Å²) in [5.74, 6) is 0. The van der Waals surface area contributed by atoms with E-state index >= 15 is 0 Å². The van der Waals surface area contributed by atoms with Crippen molar-refractivity contribution in [1.29, 1.82) is 0 Å². The number of aromatic nitrogens is 3. The van der Waals surface area contributed by atoms with Crippen LogP contribution in [0.2, 0.25) is 5.02 Å². The van der Waals surface area contributed by atoms with E-state index in [0.717, 1.165) is 22.0 Å². The van der Waals surface area contributed by atoms with Gasteiger partial charge in [0, 0.05) is 34.7 Å². The van der Waals surface area contributed by atoms with Crippen LogP contribution in [0.3, 0.4) is 0 Å². The van der Waals surface area contributed by atoms with Crippen LogP contribution in [0.4, 0.5) is 0 Å². The fourth-order valence-corrected chi connectivity index (χ4v) is 2.98. The van der Waals surface area contributed by atoms with E-state index in [1.165, 1.54) is 0 Å². The Morgan fingerprint density at radius 1 is 1.05 bits per heavy atom. The summed E-state index contributed by atoms with van der Waals surface area (Å²) in [6.07, 6.45) is 1.86. The molecule has 0 aliphatic carbocycles. The highest BCUT2D eigenvalue weighted by atomic mass is 35.5. The number of pyridine rings is 1. The molecule has 2 heterocycles. The van der Waals surface area contributed by atoms with Gasteiger partial charge in [-0.15, -0.1) is 0 Å². The molecule has 4 rings (SSSR count). The molecule has 0 spiro atoms. The smallest absolute Gasteiger partial charge is 0.275 e. The molecule has 0 saturated heterocycles. The third kappa shape index (κ3) is 1.84. The minimum absolute atomic E-state index is 0.142. The van der Waals surface area contributed by atoms with E-state index in [1.807, 2.05) is 61.8 Å². The first-order chi connectivity index (χ1) is 10.6. The van der Waals surface area contributed by atoms with Crippen molar-refractivity contribution in [2.45, 2.75) is 0 Å². The molecule has 22 heavy (non-hydrogen) atoms. The summed E-state index contributed by atoms with van der Waals surface area (Å²) in [5, 5.41) is 6.71. The van der Waals surface area contributed by atoms with Crippen LogP contribution in [0.1, 0.15) is 0 Å². The molecular formula is C17H12ClN3O. The van der Waals surface area contributed by atoms with Crippen molar-refractivity contribution >= 4 is 33.4 Å². The predicted molar refractivity (Wildman–Crippen MR) is 88.8 cm³/mol. The summed E-state index contributed by atoms with van der Waals surface area (Å²) in [5.41, 5.74) is 1.90. The van der Waals surface area contributed by atoms with Crippen LogP contribution >= 0.6 is 11.6 Å². The number of nitrogens with zero attached hydrogens (tertiary/aromatic N) is 3. The normalized spacial score (nSPS) is 11.4. The average Bonchev–Trinajstić information content (AvgIpc) is 2.90. The van der Waals surface area contributed by atoms with E-state index in [2.05, 4.69) is 5.10 Å². The van der Waals surface area contributed by atoms with Crippen LogP contribution in [0, 0.1) is 0 Å². The van der Waals surface area contributed by atoms with Gasteiger partial charge in [-0.05, 0) is 24.3 Å². The topological polar surface area (TPSA) is 39.8 Å². The van der Waals surface area contributed by atoms with Gasteiger partial charge < -0.3 is 0 Å². The number of para-hydroxylation sites is 1. The van der Waals surface area contributed by atoms with Crippen molar-refractivity contribution in [2.24, 2.45) is 7.05 Å². The molecule has 4 nitrogen and oxygen atoms in total. The lowest BCUT2D eigenvalue weighted by atomic mass is 10.1. The van der Waals surface area contributed by atoms with Gasteiger partial charge in [0.1, 0.15) is 0 Å². The van der Waals surface area contributed by atoms with Crippen LogP contribution in [-0.4, -0.2) is 14.3 Å². The summed E-state index contributed by atoms with van der Waals surface area (Å²) >= 11 is 6.15. The molecule has 0 atom stereocenters. The Labute approximate surface area is 131 Å². The molecule has 0 radical (unpaired) electrons. The second-order valence-corrected chi connectivity index (χ2v) is 5.64. The first-order valence-electron chi connectivity index (χ1n) is 6.88. The summed E-state index contributed by atoms with van der Waals surface area (Å²) in [6.45, 7) is 0. The molecule has 4 aromatic rings. The van der Waals surface area contributed by atoms with Crippen molar-refractivity contribution < 1.29 is 0 Å². The molecular weight excluding hydrogens is 298 g/mol. The highest BCUT2D eigenvalue weighted by molar-refractivity contribution is 6.31. The monoisotopic (exact) mass is 309 g/mol. The van der Waals surface area contributed by atoms with Crippen molar-refractivity contribution in [3.63, 3.8) is 0 Å². The van der Waals surface area contributed by atoms with Gasteiger partial charge in [0.25, 0.3) is 5.56 Å². The largest absolute Gasteiger partial charge is 0.283 e. The Morgan fingerprint density at radius 3 is 2.59 bits per heavy atom. The third-order valence-electron chi connectivity index (χ3n) is 3.74. The van der Waals surface area contributed by atoms with Crippen LogP contribution < -0.4 is 5.56 Å². The lowest BCUT2D eigenvalue weighted by Gasteiger charge is -2.11. The predicted octanol–water partition coefficient (Wildman–Crippen LogP) is 3.53. The minimum atomic E-state index is -0.142. The van der Waals surface area contributed by atoms with Gasteiger partial charge >= 0.3 is 0 Å². The van der Waals surface area contributed by atoms with Crippen molar-refractivity contribution in [3.8, 4) is 5.69 Å². The molecule has 0 amide bonds. The summed E-state index contributed by atoms with van der Waals surface area (Å²) in [7, 11) is 1.81. The van der Waals surface area contributed by atoms with Gasteiger partial charge in [0.15, 0.2) is 5.52 Å². The molecule has 5 heteroatoms. The zero-order valence-electron chi connectivity index (χ0n) is 11.8. The van der Waals surface area contributed by atoms with Crippen molar-refractivity contribution in [1.82, 2.24) is 14.3 Å². The number of hydrogen-bond acceptors (Lipinski definition) is 2. The molecule has 0 fully saturated rings. The Balaban J connectivity index is 2.28. The van der Waals surface area contributed by atoms with E-state index in [9.17, 15) is 4.79 Å². The van der Waals surface area contributed by atoms with Crippen LogP contribution in [0.25, 0.3) is 27.5 Å². The number of aryl methyl sites for hydroxylation is 1. The molecule has 2 aromatic carbocycles. The summed E-state index contributed by atoms with van der Waals surface area (Å²) < 4.78 is 3.33. The maximum atomic E-state index is 12.9. The van der Waals surface area contributed by atoms with Crippen molar-refractivity contribution in [3.05, 3.63) is 70.1 Å². The van der Waals surface area contributed by atoms with Gasteiger partial charge in [0.05, 0.1) is 5.52 Å². The molecule has 108 valence electrons. The number of halogens is 1.